The van der Waals surface area contributed by atoms with Crippen LogP contribution in [0, 0.1) is 3.57 Å². The van der Waals surface area contributed by atoms with Crippen molar-refractivity contribution in [3.63, 3.8) is 0 Å². The summed E-state index contributed by atoms with van der Waals surface area (Å²) >= 11 is 8.87. The van der Waals surface area contributed by atoms with Gasteiger partial charge < -0.3 is 0 Å². The van der Waals surface area contributed by atoms with Crippen molar-refractivity contribution >= 4 is 60.2 Å². The fourth-order valence-corrected chi connectivity index (χ4v) is 3.07. The van der Waals surface area contributed by atoms with E-state index in [9.17, 15) is 4.79 Å². The maximum Gasteiger partial charge on any atom is 0.147 e. The summed E-state index contributed by atoms with van der Waals surface area (Å²) in [6.45, 7) is 0. The third kappa shape index (κ3) is 3.62. The second kappa shape index (κ2) is 6.23. The second-order valence-corrected chi connectivity index (χ2v) is 5.19. The first-order valence-electron chi connectivity index (χ1n) is 4.08. The number of ketones is 1. The zero-order chi connectivity index (χ0) is 10.6. The van der Waals surface area contributed by atoms with Gasteiger partial charge in [-0.25, -0.2) is 0 Å². The topological polar surface area (TPSA) is 17.1 Å². The van der Waals surface area contributed by atoms with Crippen molar-refractivity contribution in [3.05, 3.63) is 32.9 Å². The highest BCUT2D eigenvalue weighted by Gasteiger charge is 2.04. The normalized spacial score (nSPS) is 10.2. The van der Waals surface area contributed by atoms with E-state index in [1.807, 2.05) is 6.07 Å². The maximum atomic E-state index is 11.2. The van der Waals surface area contributed by atoms with E-state index in [1.165, 1.54) is 9.13 Å². The van der Waals surface area contributed by atoms with Gasteiger partial charge in [-0.3, -0.25) is 4.79 Å². The highest BCUT2D eigenvalue weighted by Crippen LogP contribution is 2.17. The number of rotatable bonds is 4. The molecular formula is C10H9Br2IO. The van der Waals surface area contributed by atoms with Crippen molar-refractivity contribution in [1.29, 1.82) is 0 Å². The smallest absolute Gasteiger partial charge is 0.147 e. The molecule has 76 valence electrons. The molecule has 0 atom stereocenters. The summed E-state index contributed by atoms with van der Waals surface area (Å²) in [5, 5.41) is 1.29. The lowest BCUT2D eigenvalue weighted by molar-refractivity contribution is -0.115. The molecule has 1 aromatic rings. The molecule has 0 amide bonds. The molecule has 1 aromatic carbocycles. The number of benzene rings is 1. The first kappa shape index (κ1) is 12.6. The van der Waals surface area contributed by atoms with E-state index in [2.05, 4.69) is 66.6 Å². The Bertz CT molecular complexity index is 339. The van der Waals surface area contributed by atoms with Gasteiger partial charge in [0.2, 0.25) is 0 Å². The van der Waals surface area contributed by atoms with Gasteiger partial charge in [0.1, 0.15) is 5.78 Å². The van der Waals surface area contributed by atoms with Crippen LogP contribution in [0.1, 0.15) is 11.1 Å². The summed E-state index contributed by atoms with van der Waals surface area (Å²) in [4.78, 5) is 11.2. The summed E-state index contributed by atoms with van der Waals surface area (Å²) in [5.41, 5.74) is 2.35. The second-order valence-electron chi connectivity index (χ2n) is 2.91. The summed E-state index contributed by atoms with van der Waals surface area (Å²) < 4.78 is 1.21. The molecule has 0 radical (unpaired) electrons. The molecule has 0 unspecified atom stereocenters. The third-order valence-electron chi connectivity index (χ3n) is 1.81. The molecule has 4 heteroatoms. The van der Waals surface area contributed by atoms with Gasteiger partial charge in [-0.2, -0.15) is 0 Å². The zero-order valence-corrected chi connectivity index (χ0v) is 12.7. The van der Waals surface area contributed by atoms with Gasteiger partial charge in [0, 0.05) is 15.3 Å². The monoisotopic (exact) mass is 430 g/mol. The van der Waals surface area contributed by atoms with Crippen molar-refractivity contribution in [2.24, 2.45) is 0 Å². The van der Waals surface area contributed by atoms with Crippen LogP contribution in [0.2, 0.25) is 0 Å². The molecule has 1 nitrogen and oxygen atoms in total. The molecule has 14 heavy (non-hydrogen) atoms. The first-order valence-corrected chi connectivity index (χ1v) is 7.40. The van der Waals surface area contributed by atoms with Crippen LogP contribution >= 0.6 is 54.5 Å². The molecule has 0 bridgehead atoms. The minimum Gasteiger partial charge on any atom is -0.298 e. The van der Waals surface area contributed by atoms with E-state index in [1.54, 1.807) is 0 Å². The van der Waals surface area contributed by atoms with E-state index >= 15 is 0 Å². The molecule has 0 saturated heterocycles. The Balaban J connectivity index is 2.81. The fraction of sp³-hybridized carbons (Fsp3) is 0.300. The Morgan fingerprint density at radius 3 is 2.57 bits per heavy atom. The number of halogens is 3. The summed E-state index contributed by atoms with van der Waals surface area (Å²) in [6.07, 6.45) is 0.518. The zero-order valence-electron chi connectivity index (χ0n) is 7.40. The van der Waals surface area contributed by atoms with Gasteiger partial charge in [0.05, 0.1) is 5.33 Å². The Hall–Kier alpha value is 0.580. The van der Waals surface area contributed by atoms with Crippen LogP contribution in [0.4, 0.5) is 0 Å². The lowest BCUT2D eigenvalue weighted by Crippen LogP contribution is -2.03. The van der Waals surface area contributed by atoms with Crippen molar-refractivity contribution < 1.29 is 4.79 Å². The number of carbonyl (C=O) groups is 1. The lowest BCUT2D eigenvalue weighted by atomic mass is 10.1. The maximum absolute atomic E-state index is 11.2. The number of hydrogen-bond donors (Lipinski definition) is 0. The van der Waals surface area contributed by atoms with E-state index in [4.69, 9.17) is 0 Å². The Morgan fingerprint density at radius 1 is 1.36 bits per heavy atom. The van der Waals surface area contributed by atoms with Gasteiger partial charge in [0.25, 0.3) is 0 Å². The van der Waals surface area contributed by atoms with E-state index in [0.29, 0.717) is 11.8 Å². The quantitative estimate of drug-likeness (QED) is 0.525. The number of hydrogen-bond acceptors (Lipinski definition) is 1. The number of alkyl halides is 2. The van der Waals surface area contributed by atoms with Crippen LogP contribution in [0.3, 0.4) is 0 Å². The summed E-state index contributed by atoms with van der Waals surface area (Å²) in [7, 11) is 0. The predicted octanol–water partition coefficient (Wildman–Crippen LogP) is 3.69. The molecule has 0 fully saturated rings. The van der Waals surface area contributed by atoms with Gasteiger partial charge in [0.15, 0.2) is 0 Å². The molecule has 1 rings (SSSR count). The minimum absolute atomic E-state index is 0.215. The fourth-order valence-electron chi connectivity index (χ4n) is 1.08. The minimum atomic E-state index is 0.215. The summed E-state index contributed by atoms with van der Waals surface area (Å²) in [6, 6.07) is 6.14. The standard InChI is InChI=1S/C10H9Br2IO/c11-5-8-2-1-7(4-10(8)13)3-9(14)6-12/h1-2,4H,3,5-6H2. The first-order chi connectivity index (χ1) is 6.67. The highest BCUT2D eigenvalue weighted by molar-refractivity contribution is 14.1. The SMILES string of the molecule is O=C(CBr)Cc1ccc(CBr)c(I)c1. The molecule has 0 aromatic heterocycles. The van der Waals surface area contributed by atoms with Crippen LogP contribution in [-0.4, -0.2) is 11.1 Å². The van der Waals surface area contributed by atoms with Crippen LogP contribution in [0.25, 0.3) is 0 Å². The predicted molar refractivity (Wildman–Crippen MR) is 74.3 cm³/mol. The van der Waals surface area contributed by atoms with Crippen molar-refractivity contribution in [2.45, 2.75) is 11.8 Å². The van der Waals surface area contributed by atoms with Crippen molar-refractivity contribution in [1.82, 2.24) is 0 Å². The Labute approximate surface area is 114 Å². The number of carbonyl (C=O) groups excluding carboxylic acids is 1. The molecule has 0 saturated carbocycles. The van der Waals surface area contributed by atoms with Crippen molar-refractivity contribution in [2.75, 3.05) is 5.33 Å². The average molecular weight is 432 g/mol. The molecular weight excluding hydrogens is 423 g/mol. The van der Waals surface area contributed by atoms with Gasteiger partial charge >= 0.3 is 0 Å². The van der Waals surface area contributed by atoms with E-state index in [0.717, 1.165) is 10.9 Å². The van der Waals surface area contributed by atoms with Crippen LogP contribution in [-0.2, 0) is 16.5 Å². The molecule has 0 spiro atoms. The lowest BCUT2D eigenvalue weighted by Gasteiger charge is -2.03. The molecule has 0 heterocycles. The number of Topliss-reactive ketones (excluding diaryl/α,β-unsaturated/α-hetero) is 1. The van der Waals surface area contributed by atoms with Gasteiger partial charge in [-0.15, -0.1) is 0 Å². The van der Waals surface area contributed by atoms with Gasteiger partial charge in [-0.1, -0.05) is 44.0 Å². The Morgan fingerprint density at radius 2 is 2.07 bits per heavy atom. The van der Waals surface area contributed by atoms with Crippen LogP contribution in [0.5, 0.6) is 0 Å². The largest absolute Gasteiger partial charge is 0.298 e. The van der Waals surface area contributed by atoms with Gasteiger partial charge in [-0.05, 0) is 39.8 Å². The van der Waals surface area contributed by atoms with E-state index in [-0.39, 0.29) is 5.78 Å². The van der Waals surface area contributed by atoms with Crippen LogP contribution < -0.4 is 0 Å². The average Bonchev–Trinajstić information content (AvgIpc) is 2.18. The molecule has 0 aliphatic heterocycles. The summed E-state index contributed by atoms with van der Waals surface area (Å²) in [5.74, 6) is 0.215. The van der Waals surface area contributed by atoms with E-state index < -0.39 is 0 Å². The third-order valence-corrected chi connectivity index (χ3v) is 4.05. The van der Waals surface area contributed by atoms with Crippen LogP contribution in [0.15, 0.2) is 18.2 Å². The molecule has 0 aliphatic carbocycles. The Kier molecular flexibility index (Phi) is 5.62. The van der Waals surface area contributed by atoms with Crippen molar-refractivity contribution in [3.8, 4) is 0 Å². The highest BCUT2D eigenvalue weighted by atomic mass is 127. The molecule has 0 aliphatic rings. The molecule has 0 N–H and O–H groups in total.